The first-order valence-electron chi connectivity index (χ1n) is 8.19. The smallest absolute Gasteiger partial charge is 0.355 e. The van der Waals surface area contributed by atoms with Crippen LogP contribution in [0.15, 0.2) is 41.8 Å². The van der Waals surface area contributed by atoms with Crippen LogP contribution in [0.25, 0.3) is 10.2 Å². The SMILES string of the molecule is COc1cccc(NC(=O)Cn2c(C(=O)OC(C)C)cc3ccsc32)c1. The fourth-order valence-corrected chi connectivity index (χ4v) is 3.52. The van der Waals surface area contributed by atoms with Crippen LogP contribution in [0.2, 0.25) is 0 Å². The lowest BCUT2D eigenvalue weighted by Gasteiger charge is -2.12. The van der Waals surface area contributed by atoms with Gasteiger partial charge in [0, 0.05) is 17.1 Å². The second-order valence-electron chi connectivity index (χ2n) is 6.03. The van der Waals surface area contributed by atoms with E-state index in [1.165, 1.54) is 11.3 Å². The zero-order valence-electron chi connectivity index (χ0n) is 14.8. The van der Waals surface area contributed by atoms with Crippen LogP contribution in [0, 0.1) is 0 Å². The van der Waals surface area contributed by atoms with Crippen molar-refractivity contribution in [3.63, 3.8) is 0 Å². The first kappa shape index (κ1) is 18.0. The molecule has 0 aliphatic heterocycles. The molecule has 2 heterocycles. The van der Waals surface area contributed by atoms with Crippen molar-refractivity contribution < 1.29 is 19.1 Å². The van der Waals surface area contributed by atoms with E-state index >= 15 is 0 Å². The van der Waals surface area contributed by atoms with Crippen LogP contribution in [0.1, 0.15) is 24.3 Å². The maximum atomic E-state index is 12.5. The number of anilines is 1. The van der Waals surface area contributed by atoms with Gasteiger partial charge in [-0.3, -0.25) is 4.79 Å². The second kappa shape index (κ2) is 7.61. The molecule has 7 heteroatoms. The summed E-state index contributed by atoms with van der Waals surface area (Å²) in [5.74, 6) is -0.00839. The zero-order valence-corrected chi connectivity index (χ0v) is 15.6. The zero-order chi connectivity index (χ0) is 18.7. The molecule has 0 fully saturated rings. The van der Waals surface area contributed by atoms with Crippen molar-refractivity contribution in [2.24, 2.45) is 0 Å². The van der Waals surface area contributed by atoms with Crippen LogP contribution in [0.5, 0.6) is 5.75 Å². The van der Waals surface area contributed by atoms with E-state index in [0.29, 0.717) is 17.1 Å². The number of ether oxygens (including phenoxy) is 2. The van der Waals surface area contributed by atoms with Gasteiger partial charge in [0.2, 0.25) is 5.91 Å². The van der Waals surface area contributed by atoms with Gasteiger partial charge in [0.25, 0.3) is 0 Å². The first-order chi connectivity index (χ1) is 12.5. The summed E-state index contributed by atoms with van der Waals surface area (Å²) in [6.45, 7) is 3.61. The van der Waals surface area contributed by atoms with Gasteiger partial charge in [-0.2, -0.15) is 0 Å². The van der Waals surface area contributed by atoms with E-state index in [0.717, 1.165) is 10.2 Å². The molecule has 136 valence electrons. The Kier molecular flexibility index (Phi) is 5.27. The number of hydrogen-bond acceptors (Lipinski definition) is 5. The number of benzene rings is 1. The third-order valence-electron chi connectivity index (χ3n) is 3.71. The summed E-state index contributed by atoms with van der Waals surface area (Å²) in [4.78, 5) is 25.8. The molecule has 0 aliphatic carbocycles. The highest BCUT2D eigenvalue weighted by molar-refractivity contribution is 7.16. The molecule has 0 aliphatic rings. The number of hydrogen-bond donors (Lipinski definition) is 1. The molecular weight excluding hydrogens is 352 g/mol. The predicted molar refractivity (Wildman–Crippen MR) is 102 cm³/mol. The molecule has 0 atom stereocenters. The normalized spacial score (nSPS) is 10.9. The lowest BCUT2D eigenvalue weighted by Crippen LogP contribution is -2.22. The van der Waals surface area contributed by atoms with Crippen molar-refractivity contribution in [1.82, 2.24) is 4.57 Å². The molecule has 0 saturated heterocycles. The molecule has 26 heavy (non-hydrogen) atoms. The van der Waals surface area contributed by atoms with Crippen LogP contribution in [0.3, 0.4) is 0 Å². The van der Waals surface area contributed by atoms with Gasteiger partial charge in [0.05, 0.1) is 13.2 Å². The molecule has 0 unspecified atom stereocenters. The van der Waals surface area contributed by atoms with Crippen molar-refractivity contribution in [3.05, 3.63) is 47.5 Å². The number of carbonyl (C=O) groups excluding carboxylic acids is 2. The molecule has 3 aromatic rings. The fourth-order valence-electron chi connectivity index (χ4n) is 2.62. The second-order valence-corrected chi connectivity index (χ2v) is 6.93. The third kappa shape index (κ3) is 3.88. The summed E-state index contributed by atoms with van der Waals surface area (Å²) in [7, 11) is 1.57. The number of amides is 1. The number of aromatic nitrogens is 1. The lowest BCUT2D eigenvalue weighted by molar-refractivity contribution is -0.116. The van der Waals surface area contributed by atoms with E-state index in [2.05, 4.69) is 5.32 Å². The van der Waals surface area contributed by atoms with Gasteiger partial charge in [-0.15, -0.1) is 11.3 Å². The average Bonchev–Trinajstić information content (AvgIpc) is 3.17. The van der Waals surface area contributed by atoms with Crippen LogP contribution in [0.4, 0.5) is 5.69 Å². The topological polar surface area (TPSA) is 69.6 Å². The van der Waals surface area contributed by atoms with E-state index in [-0.39, 0.29) is 18.6 Å². The molecule has 2 aromatic heterocycles. The van der Waals surface area contributed by atoms with Crippen LogP contribution < -0.4 is 10.1 Å². The molecule has 3 rings (SSSR count). The van der Waals surface area contributed by atoms with Gasteiger partial charge in [0.1, 0.15) is 22.8 Å². The number of esters is 1. The predicted octanol–water partition coefficient (Wildman–Crippen LogP) is 3.92. The van der Waals surface area contributed by atoms with Crippen molar-refractivity contribution in [2.75, 3.05) is 12.4 Å². The molecule has 0 spiro atoms. The summed E-state index contributed by atoms with van der Waals surface area (Å²) in [5.41, 5.74) is 1.01. The summed E-state index contributed by atoms with van der Waals surface area (Å²) >= 11 is 1.48. The summed E-state index contributed by atoms with van der Waals surface area (Å²) in [6.07, 6.45) is -0.227. The minimum atomic E-state index is -0.433. The third-order valence-corrected chi connectivity index (χ3v) is 4.66. The van der Waals surface area contributed by atoms with Crippen LogP contribution in [-0.4, -0.2) is 29.7 Å². The van der Waals surface area contributed by atoms with E-state index in [4.69, 9.17) is 9.47 Å². The highest BCUT2D eigenvalue weighted by atomic mass is 32.1. The minimum absolute atomic E-state index is 0.0176. The highest BCUT2D eigenvalue weighted by Crippen LogP contribution is 2.26. The molecule has 1 N–H and O–H groups in total. The summed E-state index contributed by atoms with van der Waals surface area (Å²) in [5, 5.41) is 5.68. The molecular formula is C19H20N2O4S. The maximum Gasteiger partial charge on any atom is 0.355 e. The van der Waals surface area contributed by atoms with E-state index in [1.54, 1.807) is 55.9 Å². The van der Waals surface area contributed by atoms with E-state index in [9.17, 15) is 9.59 Å². The van der Waals surface area contributed by atoms with Crippen molar-refractivity contribution in [3.8, 4) is 5.75 Å². The fraction of sp³-hybridized carbons (Fsp3) is 0.263. The van der Waals surface area contributed by atoms with Gasteiger partial charge >= 0.3 is 5.97 Å². The van der Waals surface area contributed by atoms with Gasteiger partial charge in [-0.05, 0) is 43.5 Å². The first-order valence-corrected chi connectivity index (χ1v) is 9.07. The number of nitrogens with zero attached hydrogens (tertiary/aromatic N) is 1. The van der Waals surface area contributed by atoms with Crippen molar-refractivity contribution in [1.29, 1.82) is 0 Å². The Labute approximate surface area is 155 Å². The Bertz CT molecular complexity index is 942. The van der Waals surface area contributed by atoms with Gasteiger partial charge < -0.3 is 19.4 Å². The molecule has 0 bridgehead atoms. The number of methoxy groups -OCH3 is 1. The molecule has 1 amide bonds. The molecule has 0 radical (unpaired) electrons. The molecule has 6 nitrogen and oxygen atoms in total. The standard InChI is InChI=1S/C19H20N2O4S/c1-12(2)25-19(23)16-9-13-7-8-26-18(13)21(16)11-17(22)20-14-5-4-6-15(10-14)24-3/h4-10,12H,11H2,1-3H3,(H,20,22). The Morgan fingerprint density at radius 2 is 2.04 bits per heavy atom. The number of thiophene rings is 1. The van der Waals surface area contributed by atoms with E-state index in [1.807, 2.05) is 11.4 Å². The average molecular weight is 372 g/mol. The minimum Gasteiger partial charge on any atom is -0.497 e. The Balaban J connectivity index is 1.83. The van der Waals surface area contributed by atoms with Crippen molar-refractivity contribution in [2.45, 2.75) is 26.5 Å². The molecule has 1 aromatic carbocycles. The monoisotopic (exact) mass is 372 g/mol. The van der Waals surface area contributed by atoms with Crippen molar-refractivity contribution >= 4 is 39.1 Å². The van der Waals surface area contributed by atoms with Gasteiger partial charge in [0.15, 0.2) is 0 Å². The Hall–Kier alpha value is -2.80. The number of fused-ring (bicyclic) bond motifs is 1. The Morgan fingerprint density at radius 1 is 1.23 bits per heavy atom. The maximum absolute atomic E-state index is 12.5. The Morgan fingerprint density at radius 3 is 2.77 bits per heavy atom. The highest BCUT2D eigenvalue weighted by Gasteiger charge is 2.20. The largest absolute Gasteiger partial charge is 0.497 e. The number of carbonyl (C=O) groups is 2. The summed E-state index contributed by atoms with van der Waals surface area (Å²) < 4.78 is 12.2. The number of nitrogens with one attached hydrogen (secondary N) is 1. The number of rotatable bonds is 6. The molecule has 0 saturated carbocycles. The lowest BCUT2D eigenvalue weighted by atomic mass is 10.3. The quantitative estimate of drug-likeness (QED) is 0.666. The van der Waals surface area contributed by atoms with Gasteiger partial charge in [-0.1, -0.05) is 6.07 Å². The van der Waals surface area contributed by atoms with Crippen LogP contribution in [-0.2, 0) is 16.1 Å². The van der Waals surface area contributed by atoms with E-state index < -0.39 is 5.97 Å². The van der Waals surface area contributed by atoms with Gasteiger partial charge in [-0.25, -0.2) is 4.79 Å². The van der Waals surface area contributed by atoms with Crippen LogP contribution >= 0.6 is 11.3 Å². The summed E-state index contributed by atoms with van der Waals surface area (Å²) in [6, 6.07) is 10.8.